The molecule has 3 rings (SSSR count). The van der Waals surface area contributed by atoms with E-state index in [0.29, 0.717) is 5.56 Å². The van der Waals surface area contributed by atoms with E-state index in [0.717, 1.165) is 31.6 Å². The Balaban J connectivity index is 1.58. The molecule has 4 N–H and O–H groups in total. The number of nitrogen functional groups attached to an aromatic ring is 1. The molecule has 1 fully saturated rings. The molecule has 0 saturated carbocycles. The Morgan fingerprint density at radius 2 is 1.63 bits per heavy atom. The highest BCUT2D eigenvalue weighted by molar-refractivity contribution is 6.35. The van der Waals surface area contributed by atoms with Crippen LogP contribution in [0.1, 0.15) is 34.3 Å². The van der Waals surface area contributed by atoms with Gasteiger partial charge in [-0.15, -0.1) is 0 Å². The lowest BCUT2D eigenvalue weighted by atomic mass is 10.0. The number of carbonyl (C=O) groups is 4. The topological polar surface area (TPSA) is 152 Å². The zero-order chi connectivity index (χ0) is 27.9. The summed E-state index contributed by atoms with van der Waals surface area (Å²) in [5.74, 6) is -6.86. The van der Waals surface area contributed by atoms with Gasteiger partial charge in [0.1, 0.15) is 18.2 Å². The number of hydrogen-bond donors (Lipinski definition) is 3. The number of ketones is 1. The van der Waals surface area contributed by atoms with Gasteiger partial charge in [0, 0.05) is 41.9 Å². The second-order valence-corrected chi connectivity index (χ2v) is 8.36. The molecule has 0 spiro atoms. The number of anilines is 1. The average Bonchev–Trinajstić information content (AvgIpc) is 3.41. The summed E-state index contributed by atoms with van der Waals surface area (Å²) in [5, 5.41) is 10.2. The summed E-state index contributed by atoms with van der Waals surface area (Å²) in [7, 11) is 0. The van der Waals surface area contributed by atoms with Crippen molar-refractivity contribution in [2.24, 2.45) is 5.73 Å². The summed E-state index contributed by atoms with van der Waals surface area (Å²) in [5.41, 5.74) is 7.25. The van der Waals surface area contributed by atoms with Crippen LogP contribution in [-0.2, 0) is 25.5 Å². The molecule has 13 heteroatoms. The van der Waals surface area contributed by atoms with Crippen molar-refractivity contribution >= 4 is 35.2 Å². The third kappa shape index (κ3) is 7.54. The first-order chi connectivity index (χ1) is 18.0. The van der Waals surface area contributed by atoms with Gasteiger partial charge in [-0.3, -0.25) is 15.0 Å². The minimum Gasteiger partial charge on any atom is -0.491 e. The SMILES string of the molecule is N=C(N)c1ccc(CC(=O)C(=O)OC(=O)C(F)(F)F)c(OCCNC(=O)c2ccc(N3CCCC3)cc2)c1. The van der Waals surface area contributed by atoms with E-state index < -0.39 is 30.3 Å². The molecule has 10 nitrogen and oxygen atoms in total. The van der Waals surface area contributed by atoms with Crippen molar-refractivity contribution in [3.05, 3.63) is 59.2 Å². The Hall–Kier alpha value is -4.42. The van der Waals surface area contributed by atoms with Crippen molar-refractivity contribution in [2.75, 3.05) is 31.1 Å². The number of rotatable bonds is 10. The van der Waals surface area contributed by atoms with E-state index in [1.165, 1.54) is 18.2 Å². The quantitative estimate of drug-likeness (QED) is 0.105. The number of alkyl halides is 3. The number of nitrogens with one attached hydrogen (secondary N) is 2. The third-order valence-electron chi connectivity index (χ3n) is 5.62. The Morgan fingerprint density at radius 3 is 2.24 bits per heavy atom. The highest BCUT2D eigenvalue weighted by atomic mass is 19.4. The number of amides is 1. The fourth-order valence-electron chi connectivity index (χ4n) is 3.67. The van der Waals surface area contributed by atoms with Crippen molar-refractivity contribution < 1.29 is 41.8 Å². The molecule has 0 radical (unpaired) electrons. The molecule has 202 valence electrons. The van der Waals surface area contributed by atoms with E-state index in [9.17, 15) is 32.3 Å². The fourth-order valence-corrected chi connectivity index (χ4v) is 3.67. The predicted octanol–water partition coefficient (Wildman–Crippen LogP) is 2.12. The zero-order valence-corrected chi connectivity index (χ0v) is 20.1. The van der Waals surface area contributed by atoms with Crippen LogP contribution in [0.15, 0.2) is 42.5 Å². The van der Waals surface area contributed by atoms with Crippen molar-refractivity contribution in [3.8, 4) is 5.75 Å². The van der Waals surface area contributed by atoms with Gasteiger partial charge in [-0.25, -0.2) is 9.59 Å². The van der Waals surface area contributed by atoms with Crippen LogP contribution in [0.2, 0.25) is 0 Å². The molecule has 0 atom stereocenters. The van der Waals surface area contributed by atoms with Crippen molar-refractivity contribution in [2.45, 2.75) is 25.4 Å². The summed E-state index contributed by atoms with van der Waals surface area (Å²) < 4.78 is 46.0. The highest BCUT2D eigenvalue weighted by Crippen LogP contribution is 2.23. The average molecular weight is 534 g/mol. The second kappa shape index (κ2) is 12.2. The van der Waals surface area contributed by atoms with Crippen LogP contribution in [0.3, 0.4) is 0 Å². The Labute approximate surface area is 215 Å². The number of nitrogens with zero attached hydrogens (tertiary/aromatic N) is 1. The molecule has 1 aliphatic rings. The van der Waals surface area contributed by atoms with Gasteiger partial charge < -0.3 is 25.4 Å². The largest absolute Gasteiger partial charge is 0.491 e. The number of esters is 2. The van der Waals surface area contributed by atoms with E-state index >= 15 is 0 Å². The lowest BCUT2D eigenvalue weighted by Gasteiger charge is -2.17. The summed E-state index contributed by atoms with van der Waals surface area (Å²) in [4.78, 5) is 49.2. The van der Waals surface area contributed by atoms with Crippen LogP contribution in [0.25, 0.3) is 0 Å². The smallest absolute Gasteiger partial charge is 0.491 e. The van der Waals surface area contributed by atoms with Gasteiger partial charge in [0.2, 0.25) is 5.78 Å². The minimum atomic E-state index is -5.44. The maximum Gasteiger partial charge on any atom is 0.491 e. The van der Waals surface area contributed by atoms with Crippen LogP contribution in [-0.4, -0.2) is 61.9 Å². The van der Waals surface area contributed by atoms with E-state index in [2.05, 4.69) is 15.0 Å². The lowest BCUT2D eigenvalue weighted by Crippen LogP contribution is -2.31. The van der Waals surface area contributed by atoms with Gasteiger partial charge in [-0.1, -0.05) is 12.1 Å². The van der Waals surface area contributed by atoms with Gasteiger partial charge in [0.05, 0.1) is 6.54 Å². The monoisotopic (exact) mass is 534 g/mol. The number of hydrogen-bond acceptors (Lipinski definition) is 8. The normalized spacial score (nSPS) is 13.1. The second-order valence-electron chi connectivity index (χ2n) is 8.36. The van der Waals surface area contributed by atoms with E-state index in [1.807, 2.05) is 12.1 Å². The first-order valence-corrected chi connectivity index (χ1v) is 11.5. The first kappa shape index (κ1) is 28.2. The number of benzene rings is 2. The Morgan fingerprint density at radius 1 is 1.00 bits per heavy atom. The van der Waals surface area contributed by atoms with Gasteiger partial charge >= 0.3 is 18.1 Å². The lowest BCUT2D eigenvalue weighted by molar-refractivity contribution is -0.202. The summed E-state index contributed by atoms with van der Waals surface area (Å²) in [6.07, 6.45) is -3.91. The molecular formula is C25H25F3N4O6. The Bertz CT molecular complexity index is 1220. The number of nitrogens with two attached hydrogens (primary N) is 1. The molecular weight excluding hydrogens is 509 g/mol. The molecule has 0 aromatic heterocycles. The first-order valence-electron chi connectivity index (χ1n) is 11.5. The van der Waals surface area contributed by atoms with Crippen LogP contribution >= 0.6 is 0 Å². The zero-order valence-electron chi connectivity index (χ0n) is 20.1. The van der Waals surface area contributed by atoms with Gasteiger partial charge in [-0.2, -0.15) is 13.2 Å². The predicted molar refractivity (Wildman–Crippen MR) is 129 cm³/mol. The summed E-state index contributed by atoms with van der Waals surface area (Å²) >= 11 is 0. The molecule has 0 bridgehead atoms. The molecule has 1 aliphatic heterocycles. The van der Waals surface area contributed by atoms with E-state index in [4.69, 9.17) is 15.9 Å². The Kier molecular flexibility index (Phi) is 9.05. The number of halogens is 3. The number of amidine groups is 1. The van der Waals surface area contributed by atoms with Crippen LogP contribution in [0.4, 0.5) is 18.9 Å². The molecule has 0 aliphatic carbocycles. The summed E-state index contributed by atoms with van der Waals surface area (Å²) in [6, 6.07) is 11.1. The number of Topliss-reactive ketones (excluding diaryl/α,β-unsaturated/α-hetero) is 1. The van der Waals surface area contributed by atoms with Crippen LogP contribution in [0, 0.1) is 5.41 Å². The van der Waals surface area contributed by atoms with Gasteiger partial charge in [0.15, 0.2) is 0 Å². The van der Waals surface area contributed by atoms with Gasteiger partial charge in [0.25, 0.3) is 5.91 Å². The highest BCUT2D eigenvalue weighted by Gasteiger charge is 2.43. The third-order valence-corrected chi connectivity index (χ3v) is 5.62. The van der Waals surface area contributed by atoms with Crippen LogP contribution < -0.4 is 20.7 Å². The van der Waals surface area contributed by atoms with E-state index in [-0.39, 0.29) is 41.8 Å². The van der Waals surface area contributed by atoms with Crippen molar-refractivity contribution in [1.29, 1.82) is 5.41 Å². The van der Waals surface area contributed by atoms with Crippen molar-refractivity contribution in [3.63, 3.8) is 0 Å². The fraction of sp³-hybridized carbons (Fsp3) is 0.320. The van der Waals surface area contributed by atoms with E-state index in [1.54, 1.807) is 12.1 Å². The molecule has 2 aromatic rings. The number of carbonyl (C=O) groups excluding carboxylic acids is 4. The summed E-state index contributed by atoms with van der Waals surface area (Å²) in [6.45, 7) is 1.92. The molecule has 1 heterocycles. The number of ether oxygens (including phenoxy) is 2. The van der Waals surface area contributed by atoms with Crippen molar-refractivity contribution in [1.82, 2.24) is 5.32 Å². The molecule has 1 saturated heterocycles. The minimum absolute atomic E-state index is 0.00483. The molecule has 1 amide bonds. The van der Waals surface area contributed by atoms with Crippen LogP contribution in [0.5, 0.6) is 5.75 Å². The molecule has 0 unspecified atom stereocenters. The standard InChI is InChI=1S/C25H25F3N4O6/c26-25(27,28)24(36)38-23(35)19(33)13-16-3-4-17(21(29)30)14-20(16)37-12-9-31-22(34)15-5-7-18(8-6-15)32-10-1-2-11-32/h3-8,14H,1-2,9-13H2,(H3,29,30)(H,31,34). The maximum atomic E-state index is 12.4. The van der Waals surface area contributed by atoms with Gasteiger partial charge in [-0.05, 0) is 43.2 Å². The maximum absolute atomic E-state index is 12.4. The molecule has 38 heavy (non-hydrogen) atoms. The molecule has 2 aromatic carbocycles.